The Morgan fingerprint density at radius 2 is 2.10 bits per heavy atom. The van der Waals surface area contributed by atoms with Gasteiger partial charge in [-0.2, -0.15) is 0 Å². The number of hydrogen-bond acceptors (Lipinski definition) is 4. The summed E-state index contributed by atoms with van der Waals surface area (Å²) in [4.78, 5) is 13.0. The number of rotatable bonds is 4. The number of sulfonamides is 1. The number of carbonyl (C=O) groups is 1. The summed E-state index contributed by atoms with van der Waals surface area (Å²) in [5.41, 5.74) is 0. The molecule has 1 saturated heterocycles. The van der Waals surface area contributed by atoms with Crippen molar-refractivity contribution in [2.75, 3.05) is 19.3 Å². The number of hydrogen-bond donors (Lipinski definition) is 1. The molecule has 1 aromatic rings. The van der Waals surface area contributed by atoms with E-state index in [1.165, 1.54) is 21.9 Å². The molecule has 0 saturated carbocycles. The molecule has 1 aliphatic rings. The van der Waals surface area contributed by atoms with Gasteiger partial charge in [-0.05, 0) is 25.0 Å². The first-order valence-electron chi connectivity index (χ1n) is 6.33. The Balaban J connectivity index is 1.80. The molecule has 20 heavy (non-hydrogen) atoms. The number of amides is 1. The van der Waals surface area contributed by atoms with Crippen LogP contribution in [0.2, 0.25) is 4.34 Å². The van der Waals surface area contributed by atoms with Crippen LogP contribution in [0, 0.1) is 5.92 Å². The van der Waals surface area contributed by atoms with Crippen LogP contribution in [0.3, 0.4) is 0 Å². The predicted molar refractivity (Wildman–Crippen MR) is 80.3 cm³/mol. The van der Waals surface area contributed by atoms with Gasteiger partial charge in [-0.1, -0.05) is 11.6 Å². The maximum atomic E-state index is 12.0. The highest BCUT2D eigenvalue weighted by Gasteiger charge is 2.28. The van der Waals surface area contributed by atoms with Crippen LogP contribution < -0.4 is 5.32 Å². The Labute approximate surface area is 128 Å². The summed E-state index contributed by atoms with van der Waals surface area (Å²) >= 11 is 7.27. The fraction of sp³-hybridized carbons (Fsp3) is 0.583. The van der Waals surface area contributed by atoms with Crippen molar-refractivity contribution in [2.24, 2.45) is 5.92 Å². The van der Waals surface area contributed by atoms with E-state index in [4.69, 9.17) is 11.6 Å². The molecular weight excluding hydrogens is 320 g/mol. The van der Waals surface area contributed by atoms with Crippen LogP contribution in [0.4, 0.5) is 0 Å². The van der Waals surface area contributed by atoms with E-state index in [9.17, 15) is 13.2 Å². The lowest BCUT2D eigenvalue weighted by Crippen LogP contribution is -2.42. The average Bonchev–Trinajstić information content (AvgIpc) is 2.81. The summed E-state index contributed by atoms with van der Waals surface area (Å²) in [6, 6.07) is 3.69. The molecule has 2 rings (SSSR count). The van der Waals surface area contributed by atoms with E-state index in [2.05, 4.69) is 5.32 Å². The molecule has 1 amide bonds. The second-order valence-corrected chi connectivity index (χ2v) is 8.64. The molecule has 5 nitrogen and oxygen atoms in total. The lowest BCUT2D eigenvalue weighted by Gasteiger charge is -2.29. The van der Waals surface area contributed by atoms with Gasteiger partial charge < -0.3 is 5.32 Å². The third-order valence-corrected chi connectivity index (χ3v) is 5.89. The Kier molecular flexibility index (Phi) is 5.06. The number of nitrogens with one attached hydrogen (secondary N) is 1. The summed E-state index contributed by atoms with van der Waals surface area (Å²) in [6.45, 7) is 1.31. The molecule has 0 radical (unpaired) electrons. The Morgan fingerprint density at radius 3 is 2.60 bits per heavy atom. The quantitative estimate of drug-likeness (QED) is 0.909. The molecule has 1 aromatic heterocycles. The average molecular weight is 337 g/mol. The number of carbonyl (C=O) groups excluding carboxylic acids is 1. The lowest BCUT2D eigenvalue weighted by atomic mass is 9.97. The minimum atomic E-state index is -3.14. The minimum absolute atomic E-state index is 0.0114. The summed E-state index contributed by atoms with van der Waals surface area (Å²) in [5.74, 6) is -0.119. The highest BCUT2D eigenvalue weighted by Crippen LogP contribution is 2.22. The third-order valence-electron chi connectivity index (χ3n) is 3.36. The van der Waals surface area contributed by atoms with Gasteiger partial charge in [0.25, 0.3) is 0 Å². The number of piperidine rings is 1. The van der Waals surface area contributed by atoms with E-state index in [1.54, 1.807) is 6.07 Å². The molecule has 0 bridgehead atoms. The van der Waals surface area contributed by atoms with Crippen LogP contribution in [-0.4, -0.2) is 38.0 Å². The molecule has 0 aromatic carbocycles. The van der Waals surface area contributed by atoms with Crippen molar-refractivity contribution >= 4 is 38.9 Å². The van der Waals surface area contributed by atoms with Crippen LogP contribution in [0.5, 0.6) is 0 Å². The number of nitrogens with zero attached hydrogens (tertiary/aromatic N) is 1. The van der Waals surface area contributed by atoms with Crippen LogP contribution in [0.1, 0.15) is 17.7 Å². The van der Waals surface area contributed by atoms with Gasteiger partial charge in [0.2, 0.25) is 15.9 Å². The van der Waals surface area contributed by atoms with Gasteiger partial charge in [0.1, 0.15) is 0 Å². The molecule has 1 aliphatic heterocycles. The van der Waals surface area contributed by atoms with E-state index < -0.39 is 10.0 Å². The molecule has 1 N–H and O–H groups in total. The molecule has 8 heteroatoms. The van der Waals surface area contributed by atoms with Gasteiger partial charge in [-0.15, -0.1) is 11.3 Å². The van der Waals surface area contributed by atoms with E-state index in [1.807, 2.05) is 6.07 Å². The smallest absolute Gasteiger partial charge is 0.223 e. The van der Waals surface area contributed by atoms with Crippen molar-refractivity contribution in [1.29, 1.82) is 0 Å². The topological polar surface area (TPSA) is 66.5 Å². The maximum Gasteiger partial charge on any atom is 0.223 e. The molecule has 2 heterocycles. The maximum absolute atomic E-state index is 12.0. The number of thiophene rings is 1. The van der Waals surface area contributed by atoms with E-state index >= 15 is 0 Å². The molecule has 0 aliphatic carbocycles. The standard InChI is InChI=1S/C12H17ClN2O3S2/c1-20(17,18)15-6-4-9(5-7-15)12(16)14-8-10-2-3-11(13)19-10/h2-3,9H,4-8H2,1H3,(H,14,16). The van der Waals surface area contributed by atoms with Gasteiger partial charge in [-0.3, -0.25) is 4.79 Å². The van der Waals surface area contributed by atoms with E-state index in [0.29, 0.717) is 36.8 Å². The molecule has 0 atom stereocenters. The summed E-state index contributed by atoms with van der Waals surface area (Å²) in [5, 5.41) is 2.88. The van der Waals surface area contributed by atoms with Crippen molar-refractivity contribution in [3.8, 4) is 0 Å². The van der Waals surface area contributed by atoms with Crippen LogP contribution >= 0.6 is 22.9 Å². The summed E-state index contributed by atoms with van der Waals surface area (Å²) in [7, 11) is -3.14. The van der Waals surface area contributed by atoms with Crippen molar-refractivity contribution in [1.82, 2.24) is 9.62 Å². The first-order chi connectivity index (χ1) is 9.36. The van der Waals surface area contributed by atoms with Crippen LogP contribution in [-0.2, 0) is 21.4 Å². The molecule has 112 valence electrons. The summed E-state index contributed by atoms with van der Waals surface area (Å²) < 4.78 is 24.9. The minimum Gasteiger partial charge on any atom is -0.351 e. The molecule has 0 spiro atoms. The Bertz CT molecular complexity index is 577. The lowest BCUT2D eigenvalue weighted by molar-refractivity contribution is -0.126. The predicted octanol–water partition coefficient (Wildman–Crippen LogP) is 1.69. The van der Waals surface area contributed by atoms with Crippen molar-refractivity contribution < 1.29 is 13.2 Å². The highest BCUT2D eigenvalue weighted by molar-refractivity contribution is 7.88. The van der Waals surface area contributed by atoms with Gasteiger partial charge in [0.05, 0.1) is 17.1 Å². The largest absolute Gasteiger partial charge is 0.351 e. The second-order valence-electron chi connectivity index (χ2n) is 4.86. The first-order valence-corrected chi connectivity index (χ1v) is 9.37. The second kappa shape index (κ2) is 6.43. The third kappa shape index (κ3) is 4.18. The van der Waals surface area contributed by atoms with Crippen molar-refractivity contribution in [2.45, 2.75) is 19.4 Å². The highest BCUT2D eigenvalue weighted by atomic mass is 35.5. The number of halogens is 1. The molecule has 0 unspecified atom stereocenters. The Morgan fingerprint density at radius 1 is 1.45 bits per heavy atom. The molecular formula is C12H17ClN2O3S2. The van der Waals surface area contributed by atoms with Crippen molar-refractivity contribution in [3.63, 3.8) is 0 Å². The monoisotopic (exact) mass is 336 g/mol. The van der Waals surface area contributed by atoms with Crippen LogP contribution in [0.15, 0.2) is 12.1 Å². The zero-order valence-electron chi connectivity index (χ0n) is 11.1. The fourth-order valence-corrected chi connectivity index (χ4v) is 4.12. The molecule has 1 fully saturated rings. The van der Waals surface area contributed by atoms with Gasteiger partial charge in [0.15, 0.2) is 0 Å². The Hall–Kier alpha value is -0.630. The normalized spacial score (nSPS) is 18.1. The zero-order valence-corrected chi connectivity index (χ0v) is 13.5. The van der Waals surface area contributed by atoms with Gasteiger partial charge >= 0.3 is 0 Å². The van der Waals surface area contributed by atoms with E-state index in [0.717, 1.165) is 4.88 Å². The first kappa shape index (κ1) is 15.8. The van der Waals surface area contributed by atoms with Crippen LogP contribution in [0.25, 0.3) is 0 Å². The van der Waals surface area contributed by atoms with E-state index in [-0.39, 0.29) is 11.8 Å². The van der Waals surface area contributed by atoms with Gasteiger partial charge in [0, 0.05) is 23.9 Å². The fourth-order valence-electron chi connectivity index (χ4n) is 2.21. The zero-order chi connectivity index (χ0) is 14.8. The van der Waals surface area contributed by atoms with Crippen molar-refractivity contribution in [3.05, 3.63) is 21.3 Å². The SMILES string of the molecule is CS(=O)(=O)N1CCC(C(=O)NCc2ccc(Cl)s2)CC1. The summed E-state index contributed by atoms with van der Waals surface area (Å²) in [6.07, 6.45) is 2.35. The van der Waals surface area contributed by atoms with Gasteiger partial charge in [-0.25, -0.2) is 12.7 Å².